The number of ether oxygens (including phenoxy) is 3. The van der Waals surface area contributed by atoms with E-state index in [9.17, 15) is 9.59 Å². The zero-order valence-electron chi connectivity index (χ0n) is 14.2. The van der Waals surface area contributed by atoms with Crippen LogP contribution >= 0.6 is 0 Å². The topological polar surface area (TPSA) is 99.9 Å². The fourth-order valence-electron chi connectivity index (χ4n) is 2.46. The van der Waals surface area contributed by atoms with Crippen LogP contribution in [0.2, 0.25) is 0 Å². The van der Waals surface area contributed by atoms with Gasteiger partial charge in [0.2, 0.25) is 5.91 Å². The van der Waals surface area contributed by atoms with Crippen molar-refractivity contribution in [2.24, 2.45) is 5.73 Å². The average Bonchev–Trinajstić information content (AvgIpc) is 2.61. The second kappa shape index (κ2) is 10.6. The van der Waals surface area contributed by atoms with Gasteiger partial charge in [0.25, 0.3) is 0 Å². The number of benzene rings is 1. The van der Waals surface area contributed by atoms with Crippen LogP contribution in [0.1, 0.15) is 24.8 Å². The summed E-state index contributed by atoms with van der Waals surface area (Å²) >= 11 is 0. The van der Waals surface area contributed by atoms with Crippen molar-refractivity contribution in [2.75, 3.05) is 26.4 Å². The third kappa shape index (κ3) is 7.89. The number of nitrogens with two attached hydrogens (primary N) is 1. The number of amides is 2. The first-order valence-corrected chi connectivity index (χ1v) is 8.49. The summed E-state index contributed by atoms with van der Waals surface area (Å²) in [5.74, 6) is 0.691. The van der Waals surface area contributed by atoms with E-state index in [1.54, 1.807) is 6.42 Å². The van der Waals surface area contributed by atoms with Crippen molar-refractivity contribution < 1.29 is 23.8 Å². The summed E-state index contributed by atoms with van der Waals surface area (Å²) in [5, 5.41) is 3.00. The van der Waals surface area contributed by atoms with Gasteiger partial charge in [-0.3, -0.25) is 4.79 Å². The molecule has 1 aliphatic heterocycles. The molecule has 0 bridgehead atoms. The second-order valence-electron chi connectivity index (χ2n) is 5.82. The monoisotopic (exact) mass is 349 g/mol. The minimum atomic E-state index is -0.776. The summed E-state index contributed by atoms with van der Waals surface area (Å²) in [5.41, 5.74) is 5.90. The van der Waals surface area contributed by atoms with Gasteiger partial charge in [-0.25, -0.2) is 4.79 Å². The molecule has 1 aliphatic rings. The Balaban J connectivity index is 1.62. The molecule has 1 aromatic carbocycles. The maximum Gasteiger partial charge on any atom is 0.404 e. The van der Waals surface area contributed by atoms with Crippen LogP contribution in [0.15, 0.2) is 24.3 Å². The molecule has 137 valence electrons. The first-order chi connectivity index (χ1) is 12.1. The van der Waals surface area contributed by atoms with Gasteiger partial charge >= 0.3 is 6.09 Å². The summed E-state index contributed by atoms with van der Waals surface area (Å²) in [7, 11) is 0. The molecule has 0 spiro atoms. The van der Waals surface area contributed by atoms with Gasteiger partial charge in [-0.1, -0.05) is 12.1 Å². The Bertz CT molecular complexity index is 541. The second-order valence-corrected chi connectivity index (χ2v) is 5.82. The molecule has 0 saturated carbocycles. The van der Waals surface area contributed by atoms with E-state index >= 15 is 0 Å². The SMILES string of the molecule is NC(=O)OCCCOc1ccc(C[CH]C(=O)NC2CCOCC2)cc1. The van der Waals surface area contributed by atoms with Crippen molar-refractivity contribution >= 4 is 12.0 Å². The predicted octanol–water partition coefficient (Wildman–Crippen LogP) is 1.59. The van der Waals surface area contributed by atoms with Gasteiger partial charge in [0.15, 0.2) is 0 Å². The Kier molecular flexibility index (Phi) is 8.04. The van der Waals surface area contributed by atoms with Crippen molar-refractivity contribution in [2.45, 2.75) is 31.7 Å². The molecule has 2 rings (SSSR count). The largest absolute Gasteiger partial charge is 0.493 e. The number of carbonyl (C=O) groups excluding carboxylic acids is 2. The van der Waals surface area contributed by atoms with E-state index in [2.05, 4.69) is 10.1 Å². The molecule has 0 unspecified atom stereocenters. The third-order valence-electron chi connectivity index (χ3n) is 3.82. The Morgan fingerprint density at radius 1 is 1.20 bits per heavy atom. The van der Waals surface area contributed by atoms with Gasteiger partial charge in [0, 0.05) is 25.7 Å². The molecule has 7 heteroatoms. The van der Waals surface area contributed by atoms with E-state index in [1.165, 1.54) is 0 Å². The van der Waals surface area contributed by atoms with E-state index < -0.39 is 6.09 Å². The molecule has 25 heavy (non-hydrogen) atoms. The highest BCUT2D eigenvalue weighted by atomic mass is 16.5. The zero-order chi connectivity index (χ0) is 17.9. The minimum absolute atomic E-state index is 0.0401. The molecule has 0 aromatic heterocycles. The number of hydrogen-bond donors (Lipinski definition) is 2. The molecular formula is C18H25N2O5. The lowest BCUT2D eigenvalue weighted by molar-refractivity contribution is -0.119. The minimum Gasteiger partial charge on any atom is -0.493 e. The maximum atomic E-state index is 11.9. The predicted molar refractivity (Wildman–Crippen MR) is 92.1 cm³/mol. The van der Waals surface area contributed by atoms with Gasteiger partial charge in [-0.15, -0.1) is 0 Å². The molecule has 1 heterocycles. The molecule has 7 nitrogen and oxygen atoms in total. The average molecular weight is 349 g/mol. The first-order valence-electron chi connectivity index (χ1n) is 8.49. The molecule has 3 N–H and O–H groups in total. The standard InChI is InChI=1S/C18H25N2O5/c19-18(22)25-11-1-10-24-16-5-2-14(3-6-16)4-7-17(21)20-15-8-12-23-13-9-15/h2-3,5-7,15H,1,4,8-13H2,(H2,19,22)(H,20,21). The smallest absolute Gasteiger partial charge is 0.404 e. The first kappa shape index (κ1) is 19.1. The Labute approximate surface area is 147 Å². The van der Waals surface area contributed by atoms with Crippen molar-refractivity contribution in [1.29, 1.82) is 0 Å². The van der Waals surface area contributed by atoms with Gasteiger partial charge in [-0.2, -0.15) is 0 Å². The van der Waals surface area contributed by atoms with Gasteiger partial charge in [0.05, 0.1) is 19.6 Å². The van der Waals surface area contributed by atoms with Crippen molar-refractivity contribution in [3.63, 3.8) is 0 Å². The molecule has 1 aromatic rings. The molecule has 0 aliphatic carbocycles. The number of rotatable bonds is 9. The van der Waals surface area contributed by atoms with Crippen LogP contribution in [-0.4, -0.2) is 44.5 Å². The van der Waals surface area contributed by atoms with E-state index in [4.69, 9.17) is 15.2 Å². The van der Waals surface area contributed by atoms with Crippen LogP contribution in [-0.2, 0) is 20.7 Å². The summed E-state index contributed by atoms with van der Waals surface area (Å²) in [6, 6.07) is 7.77. The van der Waals surface area contributed by atoms with Gasteiger partial charge in [-0.05, 0) is 37.0 Å². The van der Waals surface area contributed by atoms with Gasteiger partial charge < -0.3 is 25.3 Å². The number of primary amides is 1. The van der Waals surface area contributed by atoms with Crippen LogP contribution in [0.3, 0.4) is 0 Å². The van der Waals surface area contributed by atoms with E-state index in [0.717, 1.165) is 24.2 Å². The summed E-state index contributed by atoms with van der Waals surface area (Å²) < 4.78 is 15.4. The molecule has 1 radical (unpaired) electrons. The molecular weight excluding hydrogens is 324 g/mol. The third-order valence-corrected chi connectivity index (χ3v) is 3.82. The van der Waals surface area contributed by atoms with Crippen molar-refractivity contribution in [1.82, 2.24) is 5.32 Å². The lowest BCUT2D eigenvalue weighted by Crippen LogP contribution is -2.39. The van der Waals surface area contributed by atoms with Crippen LogP contribution in [0.5, 0.6) is 5.75 Å². The molecule has 1 fully saturated rings. The quantitative estimate of drug-likeness (QED) is 0.660. The summed E-state index contributed by atoms with van der Waals surface area (Å²) in [6.45, 7) is 2.10. The van der Waals surface area contributed by atoms with Gasteiger partial charge in [0.1, 0.15) is 5.75 Å². The lowest BCUT2D eigenvalue weighted by Gasteiger charge is -2.23. The Morgan fingerprint density at radius 2 is 1.92 bits per heavy atom. The zero-order valence-corrected chi connectivity index (χ0v) is 14.2. The van der Waals surface area contributed by atoms with E-state index in [0.29, 0.717) is 32.7 Å². The fourth-order valence-corrected chi connectivity index (χ4v) is 2.46. The van der Waals surface area contributed by atoms with Crippen LogP contribution in [0, 0.1) is 6.42 Å². The van der Waals surface area contributed by atoms with E-state index in [1.807, 2.05) is 24.3 Å². The molecule has 0 atom stereocenters. The van der Waals surface area contributed by atoms with Crippen LogP contribution in [0.4, 0.5) is 4.79 Å². The molecule has 2 amide bonds. The van der Waals surface area contributed by atoms with E-state index in [-0.39, 0.29) is 18.6 Å². The van der Waals surface area contributed by atoms with Crippen LogP contribution in [0.25, 0.3) is 0 Å². The highest BCUT2D eigenvalue weighted by Gasteiger charge is 2.15. The van der Waals surface area contributed by atoms with Crippen molar-refractivity contribution in [3.8, 4) is 5.75 Å². The normalized spacial score (nSPS) is 14.7. The van der Waals surface area contributed by atoms with Crippen molar-refractivity contribution in [3.05, 3.63) is 36.2 Å². The number of hydrogen-bond acceptors (Lipinski definition) is 5. The number of nitrogens with one attached hydrogen (secondary N) is 1. The lowest BCUT2D eigenvalue weighted by atomic mass is 10.1. The summed E-state index contributed by atoms with van der Waals surface area (Å²) in [4.78, 5) is 22.3. The Morgan fingerprint density at radius 3 is 2.60 bits per heavy atom. The fraction of sp³-hybridized carbons (Fsp3) is 0.500. The summed E-state index contributed by atoms with van der Waals surface area (Å²) in [6.07, 6.45) is 3.77. The highest BCUT2D eigenvalue weighted by molar-refractivity contribution is 5.85. The van der Waals surface area contributed by atoms with Crippen LogP contribution < -0.4 is 15.8 Å². The Hall–Kier alpha value is -2.28. The maximum absolute atomic E-state index is 11.9. The molecule has 1 saturated heterocycles. The highest BCUT2D eigenvalue weighted by Crippen LogP contribution is 2.14. The number of carbonyl (C=O) groups is 2.